The molecule has 1 fully saturated rings. The second kappa shape index (κ2) is 8.45. The molecule has 0 saturated carbocycles. The normalized spacial score (nSPS) is 17.5. The summed E-state index contributed by atoms with van der Waals surface area (Å²) in [7, 11) is 0. The van der Waals surface area contributed by atoms with Crippen molar-refractivity contribution in [2.75, 3.05) is 26.3 Å². The van der Waals surface area contributed by atoms with Gasteiger partial charge >= 0.3 is 0 Å². The summed E-state index contributed by atoms with van der Waals surface area (Å²) in [5, 5.41) is 3.33. The highest BCUT2D eigenvalue weighted by molar-refractivity contribution is 5.46. The molecule has 0 aromatic heterocycles. The molecule has 3 rings (SSSR count). The zero-order chi connectivity index (χ0) is 17.6. The van der Waals surface area contributed by atoms with Crippen molar-refractivity contribution < 1.29 is 13.9 Å². The Kier molecular flexibility index (Phi) is 6.05. The van der Waals surface area contributed by atoms with Crippen molar-refractivity contribution in [1.29, 1.82) is 0 Å². The van der Waals surface area contributed by atoms with Gasteiger partial charge in [-0.3, -0.25) is 0 Å². The summed E-state index contributed by atoms with van der Waals surface area (Å²) in [6.45, 7) is 7.25. The lowest BCUT2D eigenvalue weighted by molar-refractivity contribution is 0.0158. The van der Waals surface area contributed by atoms with Gasteiger partial charge in [0.25, 0.3) is 0 Å². The predicted octanol–water partition coefficient (Wildman–Crippen LogP) is 3.79. The number of halogens is 1. The van der Waals surface area contributed by atoms with E-state index in [1.54, 1.807) is 6.07 Å². The highest BCUT2D eigenvalue weighted by atomic mass is 19.1. The first kappa shape index (κ1) is 17.9. The van der Waals surface area contributed by atoms with E-state index in [4.69, 9.17) is 9.47 Å². The van der Waals surface area contributed by atoms with Crippen molar-refractivity contribution in [2.45, 2.75) is 32.8 Å². The first-order chi connectivity index (χ1) is 12.1. The number of nitrogens with one attached hydrogen (secondary N) is 1. The second-order valence-corrected chi connectivity index (χ2v) is 6.67. The molecule has 1 aliphatic rings. The quantitative estimate of drug-likeness (QED) is 0.866. The molecule has 0 amide bonds. The van der Waals surface area contributed by atoms with Crippen LogP contribution in [0.4, 0.5) is 4.39 Å². The third-order valence-electron chi connectivity index (χ3n) is 4.53. The summed E-state index contributed by atoms with van der Waals surface area (Å²) in [6, 6.07) is 11.1. The number of ether oxygens (including phenoxy) is 2. The van der Waals surface area contributed by atoms with Crippen molar-refractivity contribution in [2.24, 2.45) is 0 Å². The molecule has 4 heteroatoms. The lowest BCUT2D eigenvalue weighted by Crippen LogP contribution is -2.39. The van der Waals surface area contributed by atoms with E-state index >= 15 is 0 Å². The van der Waals surface area contributed by atoms with Gasteiger partial charge in [0.15, 0.2) is 0 Å². The summed E-state index contributed by atoms with van der Waals surface area (Å²) in [5.41, 5.74) is 3.98. The maximum atomic E-state index is 14.0. The van der Waals surface area contributed by atoms with Gasteiger partial charge in [-0.05, 0) is 36.6 Å². The molecule has 2 aromatic carbocycles. The Bertz CT molecular complexity index is 711. The van der Waals surface area contributed by atoms with Crippen LogP contribution in [0.3, 0.4) is 0 Å². The molecule has 25 heavy (non-hydrogen) atoms. The molecular weight excluding hydrogens is 317 g/mol. The minimum absolute atomic E-state index is 0.172. The Morgan fingerprint density at radius 1 is 1.20 bits per heavy atom. The van der Waals surface area contributed by atoms with Crippen LogP contribution in [0, 0.1) is 19.7 Å². The number of hydrogen-bond acceptors (Lipinski definition) is 3. The first-order valence-electron chi connectivity index (χ1n) is 8.92. The van der Waals surface area contributed by atoms with E-state index in [1.165, 1.54) is 6.07 Å². The predicted molar refractivity (Wildman–Crippen MR) is 97.8 cm³/mol. The molecule has 2 aromatic rings. The van der Waals surface area contributed by atoms with Crippen LogP contribution in [0.5, 0.6) is 5.75 Å². The van der Waals surface area contributed by atoms with Gasteiger partial charge in [-0.15, -0.1) is 0 Å². The minimum Gasteiger partial charge on any atom is -0.493 e. The average molecular weight is 343 g/mol. The van der Waals surface area contributed by atoms with E-state index < -0.39 is 0 Å². The molecule has 1 N–H and O–H groups in total. The van der Waals surface area contributed by atoms with Crippen LogP contribution in [0.2, 0.25) is 0 Å². The van der Waals surface area contributed by atoms with Gasteiger partial charge in [-0.25, -0.2) is 4.39 Å². The molecule has 0 radical (unpaired) electrons. The van der Waals surface area contributed by atoms with E-state index in [1.807, 2.05) is 19.1 Å². The summed E-state index contributed by atoms with van der Waals surface area (Å²) < 4.78 is 25.9. The van der Waals surface area contributed by atoms with Crippen LogP contribution >= 0.6 is 0 Å². The molecule has 1 saturated heterocycles. The van der Waals surface area contributed by atoms with E-state index in [9.17, 15) is 4.39 Å². The molecule has 134 valence electrons. The van der Waals surface area contributed by atoms with Crippen LogP contribution in [0.1, 0.15) is 28.7 Å². The molecule has 1 aliphatic heterocycles. The van der Waals surface area contributed by atoms with Crippen LogP contribution in [0.15, 0.2) is 36.4 Å². The van der Waals surface area contributed by atoms with E-state index in [0.717, 1.165) is 48.6 Å². The highest BCUT2D eigenvalue weighted by Gasteiger charge is 2.15. The van der Waals surface area contributed by atoms with E-state index in [-0.39, 0.29) is 11.9 Å². The topological polar surface area (TPSA) is 30.5 Å². The molecule has 0 aliphatic carbocycles. The molecule has 3 nitrogen and oxygen atoms in total. The van der Waals surface area contributed by atoms with Gasteiger partial charge in [0.2, 0.25) is 0 Å². The van der Waals surface area contributed by atoms with Crippen LogP contribution in [-0.2, 0) is 11.2 Å². The van der Waals surface area contributed by atoms with Crippen molar-refractivity contribution in [3.05, 3.63) is 64.5 Å². The van der Waals surface area contributed by atoms with Gasteiger partial charge in [0.05, 0.1) is 19.3 Å². The highest BCUT2D eigenvalue weighted by Crippen LogP contribution is 2.28. The third-order valence-corrected chi connectivity index (χ3v) is 4.53. The Balaban J connectivity index is 1.72. The number of aryl methyl sites for hydroxylation is 2. The monoisotopic (exact) mass is 343 g/mol. The maximum Gasteiger partial charge on any atom is 0.126 e. The Morgan fingerprint density at radius 3 is 2.80 bits per heavy atom. The fraction of sp³-hybridized carbons (Fsp3) is 0.429. The Hall–Kier alpha value is -1.91. The average Bonchev–Trinajstić information content (AvgIpc) is 2.60. The fourth-order valence-electron chi connectivity index (χ4n) is 3.32. The van der Waals surface area contributed by atoms with E-state index in [2.05, 4.69) is 24.4 Å². The zero-order valence-electron chi connectivity index (χ0n) is 15.0. The number of morpholine rings is 1. The molecule has 0 bridgehead atoms. The van der Waals surface area contributed by atoms with Crippen molar-refractivity contribution in [3.63, 3.8) is 0 Å². The van der Waals surface area contributed by atoms with Crippen LogP contribution < -0.4 is 10.1 Å². The summed E-state index contributed by atoms with van der Waals surface area (Å²) in [6.07, 6.45) is 1.58. The van der Waals surface area contributed by atoms with Gasteiger partial charge in [0.1, 0.15) is 11.6 Å². The smallest absolute Gasteiger partial charge is 0.126 e. The Labute approximate surface area is 149 Å². The largest absolute Gasteiger partial charge is 0.493 e. The fourth-order valence-corrected chi connectivity index (χ4v) is 3.32. The summed E-state index contributed by atoms with van der Waals surface area (Å²) >= 11 is 0. The maximum absolute atomic E-state index is 14.0. The summed E-state index contributed by atoms with van der Waals surface area (Å²) in [4.78, 5) is 0. The molecule has 0 spiro atoms. The lowest BCUT2D eigenvalue weighted by Gasteiger charge is -2.24. The van der Waals surface area contributed by atoms with Crippen molar-refractivity contribution in [3.8, 4) is 5.75 Å². The summed E-state index contributed by atoms with van der Waals surface area (Å²) in [5.74, 6) is 0.701. The lowest BCUT2D eigenvalue weighted by atomic mass is 9.99. The SMILES string of the molecule is Cc1cc(C)c(OCCC2CNCCO2)c(Cc2ccccc2F)c1. The minimum atomic E-state index is -0.172. The van der Waals surface area contributed by atoms with Gasteiger partial charge in [-0.2, -0.15) is 0 Å². The number of rotatable bonds is 6. The van der Waals surface area contributed by atoms with Crippen molar-refractivity contribution >= 4 is 0 Å². The van der Waals surface area contributed by atoms with Crippen LogP contribution in [-0.4, -0.2) is 32.4 Å². The van der Waals surface area contributed by atoms with Crippen LogP contribution in [0.25, 0.3) is 0 Å². The third kappa shape index (κ3) is 4.80. The van der Waals surface area contributed by atoms with Gasteiger partial charge in [-0.1, -0.05) is 35.9 Å². The Morgan fingerprint density at radius 2 is 2.04 bits per heavy atom. The zero-order valence-corrected chi connectivity index (χ0v) is 15.0. The standard InChI is InChI=1S/C21H26FNO2/c1-15-11-16(2)21(25-9-7-19-14-23-8-10-24-19)18(12-15)13-17-5-3-4-6-20(17)22/h3-6,11-12,19,23H,7-10,13-14H2,1-2H3. The van der Waals surface area contributed by atoms with Crippen molar-refractivity contribution in [1.82, 2.24) is 5.32 Å². The molecular formula is C21H26FNO2. The van der Waals surface area contributed by atoms with Gasteiger partial charge in [0, 0.05) is 25.9 Å². The molecule has 1 heterocycles. The first-order valence-corrected chi connectivity index (χ1v) is 8.92. The van der Waals surface area contributed by atoms with E-state index in [0.29, 0.717) is 18.6 Å². The number of hydrogen-bond donors (Lipinski definition) is 1. The molecule has 1 atom stereocenters. The number of benzene rings is 2. The van der Waals surface area contributed by atoms with Gasteiger partial charge < -0.3 is 14.8 Å². The molecule has 1 unspecified atom stereocenters. The second-order valence-electron chi connectivity index (χ2n) is 6.67.